The number of nitrogens with zero attached hydrogens (tertiary/aromatic N) is 6. The maximum Gasteiger partial charge on any atom is 0.158 e. The molecule has 6 nitrogen and oxygen atoms in total. The van der Waals surface area contributed by atoms with E-state index in [1.165, 1.54) is 30.1 Å². The molecule has 0 saturated heterocycles. The maximum atomic E-state index is 4.88. The van der Waals surface area contributed by atoms with Crippen molar-refractivity contribution < 1.29 is 0 Å². The van der Waals surface area contributed by atoms with Crippen molar-refractivity contribution in [1.29, 1.82) is 0 Å². The molecule has 1 saturated carbocycles. The summed E-state index contributed by atoms with van der Waals surface area (Å²) < 4.78 is 3.76. The molecule has 0 amide bonds. The van der Waals surface area contributed by atoms with E-state index >= 15 is 0 Å². The summed E-state index contributed by atoms with van der Waals surface area (Å²) in [6.07, 6.45) is 9.50. The lowest BCUT2D eigenvalue weighted by Crippen LogP contribution is -1.99. The summed E-state index contributed by atoms with van der Waals surface area (Å²) in [5, 5.41) is 5.43. The Labute approximate surface area is 138 Å². The lowest BCUT2D eigenvalue weighted by atomic mass is 10.0. The molecule has 0 unspecified atom stereocenters. The van der Waals surface area contributed by atoms with E-state index in [1.54, 1.807) is 11.0 Å². The van der Waals surface area contributed by atoms with Gasteiger partial charge in [-0.05, 0) is 42.5 Å². The van der Waals surface area contributed by atoms with Crippen LogP contribution in [0.15, 0.2) is 49.3 Å². The molecule has 0 atom stereocenters. The fourth-order valence-electron chi connectivity index (χ4n) is 3.19. The second-order valence-electron chi connectivity index (χ2n) is 6.27. The summed E-state index contributed by atoms with van der Waals surface area (Å²) in [5.41, 5.74) is 4.24. The van der Waals surface area contributed by atoms with Gasteiger partial charge in [-0.25, -0.2) is 19.6 Å². The Balaban J connectivity index is 1.75. The average molecular weight is 316 g/mol. The molecule has 0 aliphatic heterocycles. The Bertz CT molecular complexity index is 1030. The van der Waals surface area contributed by atoms with Crippen LogP contribution < -0.4 is 0 Å². The predicted molar refractivity (Wildman–Crippen MR) is 90.8 cm³/mol. The van der Waals surface area contributed by atoms with Gasteiger partial charge in [0.25, 0.3) is 0 Å². The third-order valence-electron chi connectivity index (χ3n) is 4.58. The molecular formula is C18H16N6. The Morgan fingerprint density at radius 1 is 1.17 bits per heavy atom. The van der Waals surface area contributed by atoms with Crippen molar-refractivity contribution in [2.24, 2.45) is 7.05 Å². The van der Waals surface area contributed by atoms with Gasteiger partial charge >= 0.3 is 0 Å². The Morgan fingerprint density at radius 2 is 2.08 bits per heavy atom. The molecule has 3 heterocycles. The fraction of sp³-hybridized carbons (Fsp3) is 0.222. The van der Waals surface area contributed by atoms with E-state index in [2.05, 4.69) is 39.3 Å². The molecule has 5 rings (SSSR count). The van der Waals surface area contributed by atoms with E-state index in [9.17, 15) is 0 Å². The molecule has 4 aromatic rings. The van der Waals surface area contributed by atoms with Crippen LogP contribution in [0.1, 0.15) is 24.3 Å². The first kappa shape index (κ1) is 13.4. The number of benzene rings is 1. The summed E-state index contributed by atoms with van der Waals surface area (Å²) in [7, 11) is 2.00. The predicted octanol–water partition coefficient (Wildman–Crippen LogP) is 3.09. The molecule has 1 aliphatic carbocycles. The Hall–Kier alpha value is -3.02. The fourth-order valence-corrected chi connectivity index (χ4v) is 3.19. The van der Waals surface area contributed by atoms with Crippen LogP contribution in [0.5, 0.6) is 0 Å². The van der Waals surface area contributed by atoms with Crippen LogP contribution >= 0.6 is 0 Å². The number of fused-ring (bicyclic) bond motifs is 1. The Morgan fingerprint density at radius 3 is 2.79 bits per heavy atom. The third-order valence-corrected chi connectivity index (χ3v) is 4.58. The van der Waals surface area contributed by atoms with Gasteiger partial charge in [-0.15, -0.1) is 0 Å². The smallest absolute Gasteiger partial charge is 0.158 e. The van der Waals surface area contributed by atoms with Crippen LogP contribution in [-0.4, -0.2) is 29.3 Å². The first-order valence-corrected chi connectivity index (χ1v) is 8.07. The van der Waals surface area contributed by atoms with Crippen molar-refractivity contribution in [3.8, 4) is 17.2 Å². The van der Waals surface area contributed by atoms with E-state index in [-0.39, 0.29) is 0 Å². The molecular weight excluding hydrogens is 300 g/mol. The highest BCUT2D eigenvalue weighted by Crippen LogP contribution is 2.44. The molecule has 118 valence electrons. The van der Waals surface area contributed by atoms with E-state index < -0.39 is 0 Å². The van der Waals surface area contributed by atoms with Gasteiger partial charge in [0.1, 0.15) is 18.3 Å². The van der Waals surface area contributed by atoms with E-state index in [4.69, 9.17) is 4.98 Å². The molecule has 0 N–H and O–H groups in total. The summed E-state index contributed by atoms with van der Waals surface area (Å²) in [5.74, 6) is 1.54. The second kappa shape index (κ2) is 4.99. The first-order chi connectivity index (χ1) is 11.8. The molecule has 0 bridgehead atoms. The van der Waals surface area contributed by atoms with Gasteiger partial charge in [0.15, 0.2) is 5.82 Å². The summed E-state index contributed by atoms with van der Waals surface area (Å²) in [6.45, 7) is 0. The molecule has 3 aromatic heterocycles. The number of hydrogen-bond donors (Lipinski definition) is 0. The second-order valence-corrected chi connectivity index (χ2v) is 6.27. The van der Waals surface area contributed by atoms with Crippen molar-refractivity contribution in [3.05, 3.63) is 54.9 Å². The van der Waals surface area contributed by atoms with Gasteiger partial charge in [-0.2, -0.15) is 5.10 Å². The van der Waals surface area contributed by atoms with Crippen LogP contribution in [0.25, 0.3) is 28.1 Å². The number of aryl methyl sites for hydroxylation is 1. The van der Waals surface area contributed by atoms with Crippen molar-refractivity contribution >= 4 is 10.9 Å². The van der Waals surface area contributed by atoms with Crippen molar-refractivity contribution in [1.82, 2.24) is 29.3 Å². The summed E-state index contributed by atoms with van der Waals surface area (Å²) >= 11 is 0. The number of pyridine rings is 1. The monoisotopic (exact) mass is 316 g/mol. The molecule has 0 spiro atoms. The highest BCUT2D eigenvalue weighted by molar-refractivity contribution is 5.87. The van der Waals surface area contributed by atoms with Gasteiger partial charge < -0.3 is 4.57 Å². The largest absolute Gasteiger partial charge is 0.333 e. The lowest BCUT2D eigenvalue weighted by Gasteiger charge is -2.10. The summed E-state index contributed by atoms with van der Waals surface area (Å²) in [6, 6.07) is 8.50. The quantitative estimate of drug-likeness (QED) is 0.583. The van der Waals surface area contributed by atoms with E-state index in [0.717, 1.165) is 22.7 Å². The minimum atomic E-state index is 0.645. The topological polar surface area (TPSA) is 61.4 Å². The lowest BCUT2D eigenvalue weighted by molar-refractivity contribution is 0.880. The van der Waals surface area contributed by atoms with Crippen molar-refractivity contribution in [2.45, 2.75) is 18.8 Å². The SMILES string of the molecule is Cn1ccnc1-c1cc(C2CC2)c2ccc(-n3cncn3)cc2n1. The van der Waals surface area contributed by atoms with Gasteiger partial charge in [0, 0.05) is 24.8 Å². The number of rotatable bonds is 3. The minimum absolute atomic E-state index is 0.645. The van der Waals surface area contributed by atoms with Crippen molar-refractivity contribution in [2.75, 3.05) is 0 Å². The molecule has 1 aliphatic rings. The van der Waals surface area contributed by atoms with Crippen LogP contribution in [0.4, 0.5) is 0 Å². The average Bonchev–Trinajstić information content (AvgIpc) is 3.12. The van der Waals surface area contributed by atoms with E-state index in [0.29, 0.717) is 5.92 Å². The zero-order valence-corrected chi connectivity index (χ0v) is 13.3. The van der Waals surface area contributed by atoms with Gasteiger partial charge in [0.05, 0.1) is 11.2 Å². The highest BCUT2D eigenvalue weighted by Gasteiger charge is 2.27. The van der Waals surface area contributed by atoms with E-state index in [1.807, 2.05) is 24.0 Å². The van der Waals surface area contributed by atoms with Crippen LogP contribution in [0.3, 0.4) is 0 Å². The van der Waals surface area contributed by atoms with Gasteiger partial charge in [0.2, 0.25) is 0 Å². The number of hydrogen-bond acceptors (Lipinski definition) is 4. The maximum absolute atomic E-state index is 4.88. The zero-order chi connectivity index (χ0) is 16.1. The molecule has 0 radical (unpaired) electrons. The van der Waals surface area contributed by atoms with Gasteiger partial charge in [-0.3, -0.25) is 0 Å². The van der Waals surface area contributed by atoms with Crippen LogP contribution in [0, 0.1) is 0 Å². The van der Waals surface area contributed by atoms with Gasteiger partial charge in [-0.1, -0.05) is 6.07 Å². The zero-order valence-electron chi connectivity index (χ0n) is 13.3. The molecule has 1 fully saturated rings. The third kappa shape index (κ3) is 2.11. The molecule has 6 heteroatoms. The molecule has 24 heavy (non-hydrogen) atoms. The standard InChI is InChI=1S/C18H16N6/c1-23-7-6-20-18(23)17-9-15(12-2-3-12)14-5-4-13(8-16(14)22-17)24-11-19-10-21-24/h4-12H,2-3H2,1H3. The Kier molecular flexibility index (Phi) is 2.79. The number of imidazole rings is 1. The van der Waals surface area contributed by atoms with Crippen molar-refractivity contribution in [3.63, 3.8) is 0 Å². The molecule has 1 aromatic carbocycles. The van der Waals surface area contributed by atoms with Crippen LogP contribution in [0.2, 0.25) is 0 Å². The highest BCUT2D eigenvalue weighted by atomic mass is 15.3. The first-order valence-electron chi connectivity index (χ1n) is 8.07. The normalized spacial score (nSPS) is 14.4. The van der Waals surface area contributed by atoms with Crippen LogP contribution in [-0.2, 0) is 7.05 Å². The number of aromatic nitrogens is 6. The minimum Gasteiger partial charge on any atom is -0.333 e. The summed E-state index contributed by atoms with van der Waals surface area (Å²) in [4.78, 5) is 13.4.